The number of hydrogen-bond donors (Lipinski definition) is 1. The summed E-state index contributed by atoms with van der Waals surface area (Å²) in [6.45, 7) is 1.80. The van der Waals surface area contributed by atoms with Crippen LogP contribution in [0.1, 0.15) is 30.0 Å². The Balaban J connectivity index is 1.91. The Morgan fingerprint density at radius 3 is 2.70 bits per heavy atom. The molecular weight excluding hydrogens is 431 g/mol. The van der Waals surface area contributed by atoms with Crippen molar-refractivity contribution in [2.75, 3.05) is 11.4 Å². The van der Waals surface area contributed by atoms with E-state index in [0.717, 1.165) is 12.1 Å². The van der Waals surface area contributed by atoms with E-state index in [1.54, 1.807) is 4.90 Å². The molecule has 160 valence electrons. The summed E-state index contributed by atoms with van der Waals surface area (Å²) in [4.78, 5) is 13.3. The smallest absolute Gasteiger partial charge is 0.452 e. The Morgan fingerprint density at radius 2 is 2.00 bits per heavy atom. The van der Waals surface area contributed by atoms with Crippen LogP contribution in [0.4, 0.5) is 27.6 Å². The molecule has 1 unspecified atom stereocenters. The number of para-hydroxylation sites is 1. The minimum absolute atomic E-state index is 0.0195. The Hall–Kier alpha value is -2.55. The standard InChI is InChI=1S/C20H16ClF5N2O2/c1-9-12(23)8-14-17(15(9)21)28-7-3-6-13(27-19(29)20(24,25)26)16(28)10-4-2-5-11(22)18(10)30-14/h2,4-5,8,13,16H,3,6-7H2,1H3,(H,27,29)/t13?,16-/m1/s1. The van der Waals surface area contributed by atoms with Crippen LogP contribution < -0.4 is 15.0 Å². The van der Waals surface area contributed by atoms with Crippen LogP contribution in [-0.4, -0.2) is 24.7 Å². The minimum Gasteiger partial charge on any atom is -0.452 e. The van der Waals surface area contributed by atoms with Gasteiger partial charge in [-0.1, -0.05) is 23.7 Å². The van der Waals surface area contributed by atoms with Crippen LogP contribution in [0, 0.1) is 18.6 Å². The third kappa shape index (κ3) is 3.34. The molecule has 0 radical (unpaired) electrons. The number of alkyl halides is 3. The highest BCUT2D eigenvalue weighted by molar-refractivity contribution is 6.34. The molecule has 1 amide bonds. The van der Waals surface area contributed by atoms with E-state index in [0.29, 0.717) is 13.0 Å². The fourth-order valence-electron chi connectivity index (χ4n) is 4.04. The molecule has 2 heterocycles. The van der Waals surface area contributed by atoms with E-state index in [1.807, 2.05) is 5.32 Å². The quantitative estimate of drug-likeness (QED) is 0.595. The zero-order chi connectivity index (χ0) is 21.8. The van der Waals surface area contributed by atoms with Crippen molar-refractivity contribution in [1.82, 2.24) is 5.32 Å². The van der Waals surface area contributed by atoms with Gasteiger partial charge in [-0.05, 0) is 25.8 Å². The third-order valence-electron chi connectivity index (χ3n) is 5.41. The second-order valence-electron chi connectivity index (χ2n) is 7.26. The Morgan fingerprint density at radius 1 is 1.27 bits per heavy atom. The molecule has 10 heteroatoms. The van der Waals surface area contributed by atoms with Gasteiger partial charge in [0, 0.05) is 23.7 Å². The van der Waals surface area contributed by atoms with Gasteiger partial charge >= 0.3 is 12.1 Å². The number of amides is 1. The van der Waals surface area contributed by atoms with Gasteiger partial charge in [-0.25, -0.2) is 8.78 Å². The number of benzene rings is 2. The first-order valence-corrected chi connectivity index (χ1v) is 9.56. The molecule has 2 aliphatic rings. The summed E-state index contributed by atoms with van der Waals surface area (Å²) in [5.74, 6) is -3.78. The number of carbonyl (C=O) groups is 1. The number of fused-ring (bicyclic) bond motifs is 5. The molecular formula is C20H16ClF5N2O2. The first-order valence-electron chi connectivity index (χ1n) is 9.18. The van der Waals surface area contributed by atoms with Gasteiger partial charge in [0.2, 0.25) is 0 Å². The Bertz CT molecular complexity index is 1030. The van der Waals surface area contributed by atoms with E-state index in [4.69, 9.17) is 16.3 Å². The summed E-state index contributed by atoms with van der Waals surface area (Å²) >= 11 is 6.39. The zero-order valence-electron chi connectivity index (χ0n) is 15.6. The number of piperidine rings is 1. The van der Waals surface area contributed by atoms with Crippen LogP contribution in [-0.2, 0) is 4.79 Å². The van der Waals surface area contributed by atoms with E-state index in [2.05, 4.69) is 0 Å². The van der Waals surface area contributed by atoms with Crippen LogP contribution in [0.5, 0.6) is 11.5 Å². The van der Waals surface area contributed by atoms with E-state index in [-0.39, 0.29) is 39.8 Å². The van der Waals surface area contributed by atoms with Gasteiger partial charge in [0.1, 0.15) is 11.5 Å². The molecule has 0 aromatic heterocycles. The van der Waals surface area contributed by atoms with Gasteiger partial charge in [0.05, 0.1) is 17.1 Å². The first kappa shape index (κ1) is 20.7. The molecule has 30 heavy (non-hydrogen) atoms. The summed E-state index contributed by atoms with van der Waals surface area (Å²) in [5, 5.41) is 2.04. The highest BCUT2D eigenvalue weighted by Gasteiger charge is 2.45. The molecule has 0 spiro atoms. The van der Waals surface area contributed by atoms with E-state index in [1.165, 1.54) is 19.1 Å². The second-order valence-corrected chi connectivity index (χ2v) is 7.64. The SMILES string of the molecule is Cc1c(F)cc2c(c1Cl)N1CCCC(NC(=O)C(F)(F)F)[C@H]1c1cccc(F)c1O2. The van der Waals surface area contributed by atoms with Crippen molar-refractivity contribution in [1.29, 1.82) is 0 Å². The van der Waals surface area contributed by atoms with Gasteiger partial charge in [-0.3, -0.25) is 4.79 Å². The molecule has 4 nitrogen and oxygen atoms in total. The molecule has 0 bridgehead atoms. The van der Waals surface area contributed by atoms with E-state index < -0.39 is 35.8 Å². The number of rotatable bonds is 1. The summed E-state index contributed by atoms with van der Waals surface area (Å²) in [6.07, 6.45) is -4.41. The maximum atomic E-state index is 14.6. The van der Waals surface area contributed by atoms with Crippen molar-refractivity contribution < 1.29 is 31.5 Å². The van der Waals surface area contributed by atoms with Gasteiger partial charge in [0.25, 0.3) is 0 Å². The number of nitrogens with one attached hydrogen (secondary N) is 1. The number of nitrogens with zero attached hydrogens (tertiary/aromatic N) is 1. The lowest BCUT2D eigenvalue weighted by atomic mass is 9.89. The third-order valence-corrected chi connectivity index (χ3v) is 5.87. The molecule has 2 aromatic carbocycles. The predicted molar refractivity (Wildman–Crippen MR) is 99.9 cm³/mol. The lowest BCUT2D eigenvalue weighted by molar-refractivity contribution is -0.174. The predicted octanol–water partition coefficient (Wildman–Crippen LogP) is 5.42. The van der Waals surface area contributed by atoms with E-state index in [9.17, 15) is 26.7 Å². The first-order chi connectivity index (χ1) is 14.1. The van der Waals surface area contributed by atoms with Crippen LogP contribution in [0.2, 0.25) is 5.02 Å². The van der Waals surface area contributed by atoms with Gasteiger partial charge in [0.15, 0.2) is 17.3 Å². The van der Waals surface area contributed by atoms with Crippen molar-refractivity contribution >= 4 is 23.2 Å². The summed E-state index contributed by atoms with van der Waals surface area (Å²) in [7, 11) is 0. The summed E-state index contributed by atoms with van der Waals surface area (Å²) in [6, 6.07) is 3.23. The normalized spacial score (nSPS) is 20.4. The van der Waals surface area contributed by atoms with Crippen molar-refractivity contribution in [3.8, 4) is 11.5 Å². The largest absolute Gasteiger partial charge is 0.471 e. The maximum absolute atomic E-state index is 14.6. The number of ether oxygens (including phenoxy) is 1. The fraction of sp³-hybridized carbons (Fsp3) is 0.350. The molecule has 0 saturated carbocycles. The number of halogens is 6. The van der Waals surface area contributed by atoms with Crippen LogP contribution >= 0.6 is 11.6 Å². The van der Waals surface area contributed by atoms with Crippen molar-refractivity contribution in [3.05, 3.63) is 52.0 Å². The molecule has 0 aliphatic carbocycles. The summed E-state index contributed by atoms with van der Waals surface area (Å²) in [5.41, 5.74) is 0.625. The molecule has 2 atom stereocenters. The Labute approximate surface area is 173 Å². The number of carbonyl (C=O) groups excluding carboxylic acids is 1. The van der Waals surface area contributed by atoms with Gasteiger partial charge < -0.3 is 15.0 Å². The molecule has 4 rings (SSSR count). The second kappa shape index (κ2) is 7.30. The number of anilines is 1. The van der Waals surface area contributed by atoms with Crippen LogP contribution in [0.3, 0.4) is 0 Å². The Kier molecular flexibility index (Phi) is 5.04. The molecule has 1 fully saturated rings. The lowest BCUT2D eigenvalue weighted by Crippen LogP contribution is -2.52. The van der Waals surface area contributed by atoms with Gasteiger partial charge in [-0.2, -0.15) is 13.2 Å². The average molecular weight is 447 g/mol. The topological polar surface area (TPSA) is 41.6 Å². The van der Waals surface area contributed by atoms with Crippen LogP contribution in [0.15, 0.2) is 24.3 Å². The van der Waals surface area contributed by atoms with Crippen molar-refractivity contribution in [2.45, 2.75) is 38.0 Å². The van der Waals surface area contributed by atoms with Crippen LogP contribution in [0.25, 0.3) is 0 Å². The summed E-state index contributed by atoms with van der Waals surface area (Å²) < 4.78 is 73.3. The minimum atomic E-state index is -5.07. The molecule has 1 N–H and O–H groups in total. The molecule has 2 aliphatic heterocycles. The zero-order valence-corrected chi connectivity index (χ0v) is 16.4. The molecule has 1 saturated heterocycles. The van der Waals surface area contributed by atoms with Crippen molar-refractivity contribution in [3.63, 3.8) is 0 Å². The van der Waals surface area contributed by atoms with E-state index >= 15 is 0 Å². The fourth-order valence-corrected chi connectivity index (χ4v) is 4.33. The number of hydrogen-bond acceptors (Lipinski definition) is 3. The average Bonchev–Trinajstić information content (AvgIpc) is 2.81. The monoisotopic (exact) mass is 446 g/mol. The highest BCUT2D eigenvalue weighted by atomic mass is 35.5. The molecule has 2 aromatic rings. The highest BCUT2D eigenvalue weighted by Crippen LogP contribution is 2.52. The lowest BCUT2D eigenvalue weighted by Gasteiger charge is -2.42. The van der Waals surface area contributed by atoms with Crippen molar-refractivity contribution in [2.24, 2.45) is 0 Å². The maximum Gasteiger partial charge on any atom is 0.471 e. The van der Waals surface area contributed by atoms with Gasteiger partial charge in [-0.15, -0.1) is 0 Å².